The van der Waals surface area contributed by atoms with Crippen molar-refractivity contribution in [2.24, 2.45) is 0 Å². The van der Waals surface area contributed by atoms with E-state index >= 15 is 0 Å². The van der Waals surface area contributed by atoms with Crippen LogP contribution in [0.25, 0.3) is 0 Å². The molecule has 0 radical (unpaired) electrons. The van der Waals surface area contributed by atoms with E-state index in [1.165, 1.54) is 31.2 Å². The van der Waals surface area contributed by atoms with Crippen LogP contribution in [0.2, 0.25) is 0 Å². The third-order valence-corrected chi connectivity index (χ3v) is 2.60. The molecule has 10 nitrogen and oxygen atoms in total. The molecule has 0 aliphatic carbocycles. The molecule has 2 rings (SSSR count). The first-order valence-electron chi connectivity index (χ1n) is 6.04. The molecular formula is C13H11N3O7. The number of hydrogen-bond acceptors (Lipinski definition) is 6. The van der Waals surface area contributed by atoms with Gasteiger partial charge in [-0.2, -0.15) is 4.73 Å². The number of carboxylic acids is 1. The van der Waals surface area contributed by atoms with Crippen LogP contribution in [-0.4, -0.2) is 20.9 Å². The van der Waals surface area contributed by atoms with Gasteiger partial charge >= 0.3 is 5.97 Å². The SMILES string of the molecule is Cc1c[n+]([O-])ccc1[N+](=O)[O-].O=C(O)c1cccc([N+](=O)[O-])c1. The summed E-state index contributed by atoms with van der Waals surface area (Å²) in [6, 6.07) is 6.08. The van der Waals surface area contributed by atoms with Crippen LogP contribution in [0.1, 0.15) is 15.9 Å². The number of carbonyl (C=O) groups is 1. The second kappa shape index (κ2) is 7.45. The molecule has 2 aromatic rings. The monoisotopic (exact) mass is 321 g/mol. The predicted octanol–water partition coefficient (Wildman–Crippen LogP) is 1.83. The maximum atomic E-state index is 10.6. The van der Waals surface area contributed by atoms with E-state index in [0.717, 1.165) is 18.5 Å². The summed E-state index contributed by atoms with van der Waals surface area (Å²) in [5.74, 6) is -1.17. The molecule has 0 aliphatic heterocycles. The summed E-state index contributed by atoms with van der Waals surface area (Å²) in [4.78, 5) is 29.6. The Bertz CT molecular complexity index is 732. The van der Waals surface area contributed by atoms with Crippen LogP contribution < -0.4 is 4.73 Å². The number of nitro benzene ring substituents is 1. The van der Waals surface area contributed by atoms with E-state index in [-0.39, 0.29) is 16.9 Å². The van der Waals surface area contributed by atoms with Gasteiger partial charge in [-0.25, -0.2) is 4.79 Å². The molecule has 1 N–H and O–H groups in total. The molecule has 0 saturated heterocycles. The number of benzene rings is 1. The lowest BCUT2D eigenvalue weighted by Crippen LogP contribution is -2.24. The average Bonchev–Trinajstić information content (AvgIpc) is 2.47. The number of pyridine rings is 1. The maximum Gasteiger partial charge on any atom is 0.335 e. The predicted molar refractivity (Wildman–Crippen MR) is 76.8 cm³/mol. The lowest BCUT2D eigenvalue weighted by molar-refractivity contribution is -0.606. The summed E-state index contributed by atoms with van der Waals surface area (Å²) in [5, 5.41) is 39.4. The molecule has 0 saturated carbocycles. The molecule has 0 amide bonds. The second-order valence-corrected chi connectivity index (χ2v) is 4.24. The number of nitro groups is 2. The maximum absolute atomic E-state index is 10.6. The number of hydrogen-bond donors (Lipinski definition) is 1. The molecule has 0 fully saturated rings. The van der Waals surface area contributed by atoms with Crippen molar-refractivity contribution in [2.75, 3.05) is 0 Å². The molecule has 1 aromatic heterocycles. The fourth-order valence-electron chi connectivity index (χ4n) is 1.53. The second-order valence-electron chi connectivity index (χ2n) is 4.24. The van der Waals surface area contributed by atoms with Gasteiger partial charge in [-0.15, -0.1) is 0 Å². The van der Waals surface area contributed by atoms with E-state index in [1.807, 2.05) is 0 Å². The van der Waals surface area contributed by atoms with Gasteiger partial charge in [0.2, 0.25) is 0 Å². The van der Waals surface area contributed by atoms with E-state index in [9.17, 15) is 30.2 Å². The molecule has 0 atom stereocenters. The average molecular weight is 321 g/mol. The third-order valence-electron chi connectivity index (χ3n) is 2.60. The molecular weight excluding hydrogens is 310 g/mol. The van der Waals surface area contributed by atoms with Gasteiger partial charge in [0.15, 0.2) is 12.4 Å². The van der Waals surface area contributed by atoms with Crippen LogP contribution in [-0.2, 0) is 0 Å². The molecule has 1 aromatic carbocycles. The van der Waals surface area contributed by atoms with Gasteiger partial charge in [0.05, 0.1) is 27.0 Å². The zero-order valence-corrected chi connectivity index (χ0v) is 11.8. The largest absolute Gasteiger partial charge is 0.619 e. The third kappa shape index (κ3) is 5.04. The number of aromatic carboxylic acids is 1. The van der Waals surface area contributed by atoms with Crippen LogP contribution in [0.3, 0.4) is 0 Å². The van der Waals surface area contributed by atoms with Crippen LogP contribution in [0.4, 0.5) is 11.4 Å². The zero-order valence-electron chi connectivity index (χ0n) is 11.8. The van der Waals surface area contributed by atoms with Crippen LogP contribution >= 0.6 is 0 Å². The summed E-state index contributed by atoms with van der Waals surface area (Å²) in [7, 11) is 0. The van der Waals surface area contributed by atoms with Gasteiger partial charge in [-0.1, -0.05) is 6.07 Å². The van der Waals surface area contributed by atoms with Crippen molar-refractivity contribution in [2.45, 2.75) is 6.92 Å². The lowest BCUT2D eigenvalue weighted by atomic mass is 10.2. The first kappa shape index (κ1) is 17.5. The van der Waals surface area contributed by atoms with E-state index in [0.29, 0.717) is 10.3 Å². The topological polar surface area (TPSA) is 151 Å². The van der Waals surface area contributed by atoms with Gasteiger partial charge in [0.1, 0.15) is 0 Å². The summed E-state index contributed by atoms with van der Waals surface area (Å²) in [6.07, 6.45) is 2.27. The number of nitrogens with zero attached hydrogens (tertiary/aromatic N) is 3. The van der Waals surface area contributed by atoms with Crippen molar-refractivity contribution in [3.8, 4) is 0 Å². The number of aryl methyl sites for hydroxylation is 1. The van der Waals surface area contributed by atoms with Crippen LogP contribution in [0.5, 0.6) is 0 Å². The summed E-state index contributed by atoms with van der Waals surface area (Å²) in [6.45, 7) is 1.52. The highest BCUT2D eigenvalue weighted by molar-refractivity contribution is 5.88. The molecule has 0 unspecified atom stereocenters. The van der Waals surface area contributed by atoms with E-state index in [4.69, 9.17) is 5.11 Å². The molecule has 10 heteroatoms. The van der Waals surface area contributed by atoms with Gasteiger partial charge in [-0.05, 0) is 13.0 Å². The van der Waals surface area contributed by atoms with Gasteiger partial charge < -0.3 is 10.3 Å². The quantitative estimate of drug-likeness (QED) is 0.392. The van der Waals surface area contributed by atoms with E-state index in [1.54, 1.807) is 0 Å². The van der Waals surface area contributed by atoms with E-state index in [2.05, 4.69) is 0 Å². The molecule has 0 bridgehead atoms. The number of aromatic nitrogens is 1. The van der Waals surface area contributed by atoms with Crippen molar-refractivity contribution < 1.29 is 24.5 Å². The fraction of sp³-hybridized carbons (Fsp3) is 0.0769. The molecule has 120 valence electrons. The van der Waals surface area contributed by atoms with Gasteiger partial charge in [0.25, 0.3) is 11.4 Å². The van der Waals surface area contributed by atoms with E-state index < -0.39 is 15.8 Å². The number of rotatable bonds is 3. The van der Waals surface area contributed by atoms with Crippen molar-refractivity contribution in [1.82, 2.24) is 0 Å². The summed E-state index contributed by atoms with van der Waals surface area (Å²) in [5.41, 5.74) is 0.0451. The highest BCUT2D eigenvalue weighted by Crippen LogP contribution is 2.13. The van der Waals surface area contributed by atoms with Crippen LogP contribution in [0, 0.1) is 32.4 Å². The van der Waals surface area contributed by atoms with Crippen LogP contribution in [0.15, 0.2) is 42.7 Å². The Balaban J connectivity index is 0.000000231. The Labute approximate surface area is 129 Å². The van der Waals surface area contributed by atoms with Crippen molar-refractivity contribution in [3.63, 3.8) is 0 Å². The minimum Gasteiger partial charge on any atom is -0.619 e. The Kier molecular flexibility index (Phi) is 5.66. The van der Waals surface area contributed by atoms with Crippen molar-refractivity contribution in [1.29, 1.82) is 0 Å². The Morgan fingerprint density at radius 1 is 1.17 bits per heavy atom. The van der Waals surface area contributed by atoms with Gasteiger partial charge in [0, 0.05) is 12.1 Å². The zero-order chi connectivity index (χ0) is 17.6. The Morgan fingerprint density at radius 2 is 1.83 bits per heavy atom. The number of non-ortho nitro benzene ring substituents is 1. The normalized spacial score (nSPS) is 9.43. The molecule has 0 aliphatic rings. The lowest BCUT2D eigenvalue weighted by Gasteiger charge is -1.96. The Hall–Kier alpha value is -3.56. The highest BCUT2D eigenvalue weighted by Gasteiger charge is 2.11. The highest BCUT2D eigenvalue weighted by atomic mass is 16.6. The standard InChI is InChI=1S/C7H5NO4.C6H6N2O3/c9-7(10)5-2-1-3-6(4-5)8(11)12;1-5-4-7(9)3-2-6(5)8(10)11/h1-4H,(H,9,10);2-4H,1H3. The summed E-state index contributed by atoms with van der Waals surface area (Å²) < 4.78 is 0.530. The molecule has 1 heterocycles. The first-order chi connectivity index (χ1) is 10.7. The molecule has 0 spiro atoms. The number of carboxylic acid groups (broad SMARTS) is 1. The first-order valence-corrected chi connectivity index (χ1v) is 6.04. The van der Waals surface area contributed by atoms with Gasteiger partial charge in [-0.3, -0.25) is 20.2 Å². The molecule has 23 heavy (non-hydrogen) atoms. The summed E-state index contributed by atoms with van der Waals surface area (Å²) >= 11 is 0. The Morgan fingerprint density at radius 3 is 2.30 bits per heavy atom. The van der Waals surface area contributed by atoms with Crippen molar-refractivity contribution >= 4 is 17.3 Å². The minimum atomic E-state index is -1.17. The minimum absolute atomic E-state index is 0.0305. The smallest absolute Gasteiger partial charge is 0.335 e. The van der Waals surface area contributed by atoms with Crippen molar-refractivity contribution in [3.05, 3.63) is 79.3 Å². The fourth-order valence-corrected chi connectivity index (χ4v) is 1.53.